The third-order valence-corrected chi connectivity index (χ3v) is 5.86. The van der Waals surface area contributed by atoms with Gasteiger partial charge in [-0.2, -0.15) is 0 Å². The van der Waals surface area contributed by atoms with Crippen molar-refractivity contribution in [1.29, 1.82) is 10.8 Å². The van der Waals surface area contributed by atoms with Crippen molar-refractivity contribution >= 4 is 72.3 Å². The van der Waals surface area contributed by atoms with Crippen molar-refractivity contribution in [2.75, 3.05) is 22.9 Å². The molecule has 0 unspecified atom stereocenters. The summed E-state index contributed by atoms with van der Waals surface area (Å²) in [6.45, 7) is 7.90. The normalized spacial score (nSPS) is 10.0. The van der Waals surface area contributed by atoms with Crippen LogP contribution in [0.3, 0.4) is 0 Å². The summed E-state index contributed by atoms with van der Waals surface area (Å²) in [7, 11) is 20.1. The fourth-order valence-electron chi connectivity index (χ4n) is 3.84. The molecule has 0 aliphatic rings. The predicted molar refractivity (Wildman–Crippen MR) is 178 cm³/mol. The first kappa shape index (κ1) is 34.5. The number of halogens is 4. The summed E-state index contributed by atoms with van der Waals surface area (Å²) in [5.74, 6) is 0. The van der Waals surface area contributed by atoms with Crippen molar-refractivity contribution < 1.29 is 0 Å². The molecule has 0 radical (unpaired) electrons. The van der Waals surface area contributed by atoms with Crippen LogP contribution in [0.25, 0.3) is 9.95 Å². The zero-order valence-electron chi connectivity index (χ0n) is 22.9. The van der Waals surface area contributed by atoms with E-state index in [1.807, 2.05) is 60.7 Å². The number of hydrogen-bond acceptors (Lipinski definition) is 4. The first-order valence-electron chi connectivity index (χ1n) is 12.9. The van der Waals surface area contributed by atoms with Crippen LogP contribution in [0.4, 0.5) is 22.7 Å². The van der Waals surface area contributed by atoms with Crippen molar-refractivity contribution in [2.24, 2.45) is 0 Å². The molecule has 0 saturated carbocycles. The van der Waals surface area contributed by atoms with E-state index < -0.39 is 13.9 Å². The molecule has 0 fully saturated rings. The van der Waals surface area contributed by atoms with Gasteiger partial charge in [0, 0.05) is 61.8 Å². The number of anilines is 2. The van der Waals surface area contributed by atoms with Gasteiger partial charge in [-0.05, 0) is 49.2 Å². The molecular formula is C30H32Cl4N6Sn+2. The third-order valence-electron chi connectivity index (χ3n) is 5.86. The Morgan fingerprint density at radius 1 is 0.537 bits per heavy atom. The van der Waals surface area contributed by atoms with Crippen molar-refractivity contribution in [1.82, 2.24) is 0 Å². The average molecular weight is 737 g/mol. The van der Waals surface area contributed by atoms with Gasteiger partial charge in [0.15, 0.2) is 9.95 Å². The van der Waals surface area contributed by atoms with Crippen LogP contribution in [0.5, 0.6) is 0 Å². The van der Waals surface area contributed by atoms with Crippen LogP contribution in [0, 0.1) is 10.8 Å². The molecular weight excluding hydrogens is 705 g/mol. The molecule has 0 spiro atoms. The molecule has 11 heteroatoms. The molecule has 4 aromatic carbocycles. The van der Waals surface area contributed by atoms with E-state index in [0.29, 0.717) is 11.4 Å². The Labute approximate surface area is 261 Å². The molecule has 0 bridgehead atoms. The molecule has 4 rings (SSSR count). The van der Waals surface area contributed by atoms with Gasteiger partial charge in [0.1, 0.15) is 0 Å². The topological polar surface area (TPSA) is 62.8 Å². The van der Waals surface area contributed by atoms with Crippen molar-refractivity contribution in [3.05, 3.63) is 130 Å². The summed E-state index contributed by atoms with van der Waals surface area (Å²) in [4.78, 5) is 10.9. The quantitative estimate of drug-likeness (QED) is 0.133. The second-order valence-electron chi connectivity index (χ2n) is 8.66. The van der Waals surface area contributed by atoms with Crippen LogP contribution >= 0.6 is 35.7 Å². The van der Waals surface area contributed by atoms with E-state index in [0.717, 1.165) is 37.6 Å². The summed E-state index contributed by atoms with van der Waals surface area (Å²) in [5.41, 5.74) is 6.00. The Hall–Kier alpha value is -2.72. The SMILES string of the molecule is CCN(Cc1ccccc1)c1ccc([N+]#N)cc1.CCN(Cc1ccccc1)c1ccc([N+]#N)cc1.[Cl][Sn]([Cl])([Cl])[Cl]. The van der Waals surface area contributed by atoms with Gasteiger partial charge < -0.3 is 9.80 Å². The summed E-state index contributed by atoms with van der Waals surface area (Å²) >= 11 is -3.29. The molecule has 0 N–H and O–H groups in total. The van der Waals surface area contributed by atoms with Gasteiger partial charge in [-0.1, -0.05) is 60.7 Å². The van der Waals surface area contributed by atoms with Crippen molar-refractivity contribution in [3.63, 3.8) is 0 Å². The maximum absolute atomic E-state index is 8.67. The third kappa shape index (κ3) is 14.1. The van der Waals surface area contributed by atoms with Gasteiger partial charge in [-0.25, -0.2) is 0 Å². The molecule has 0 heterocycles. The fourth-order valence-corrected chi connectivity index (χ4v) is 3.84. The van der Waals surface area contributed by atoms with Gasteiger partial charge in [0.25, 0.3) is 0 Å². The Bertz CT molecular complexity index is 1260. The van der Waals surface area contributed by atoms with Gasteiger partial charge in [0.2, 0.25) is 10.8 Å². The zero-order chi connectivity index (χ0) is 30.1. The molecule has 6 nitrogen and oxygen atoms in total. The number of rotatable bonds is 8. The molecule has 0 saturated heterocycles. The summed E-state index contributed by atoms with van der Waals surface area (Å²) in [5, 5.41) is 17.3. The summed E-state index contributed by atoms with van der Waals surface area (Å²) < 4.78 is 0. The van der Waals surface area contributed by atoms with Crippen LogP contribution in [0.2, 0.25) is 0 Å². The van der Waals surface area contributed by atoms with Gasteiger partial charge in [-0.3, -0.25) is 0 Å². The molecule has 0 atom stereocenters. The van der Waals surface area contributed by atoms with E-state index in [-0.39, 0.29) is 0 Å². The Morgan fingerprint density at radius 2 is 0.829 bits per heavy atom. The van der Waals surface area contributed by atoms with Crippen LogP contribution in [-0.4, -0.2) is 27.0 Å². The van der Waals surface area contributed by atoms with Gasteiger partial charge in [0.05, 0.1) is 0 Å². The van der Waals surface area contributed by atoms with Crippen LogP contribution in [0.1, 0.15) is 25.0 Å². The molecule has 0 amide bonds. The maximum atomic E-state index is 8.67. The molecule has 212 valence electrons. The van der Waals surface area contributed by atoms with E-state index in [1.54, 1.807) is 0 Å². The zero-order valence-corrected chi connectivity index (χ0v) is 28.8. The Morgan fingerprint density at radius 3 is 1.07 bits per heavy atom. The Balaban J connectivity index is 0.000000247. The summed E-state index contributed by atoms with van der Waals surface area (Å²) in [6, 6.07) is 35.9. The number of hydrogen-bond donors (Lipinski definition) is 0. The second-order valence-corrected chi connectivity index (χ2v) is 34.1. The number of nitrogens with zero attached hydrogens (tertiary/aromatic N) is 6. The van der Waals surface area contributed by atoms with Crippen LogP contribution in [-0.2, 0) is 13.1 Å². The number of diazo groups is 2. The van der Waals surface area contributed by atoms with Crippen molar-refractivity contribution in [2.45, 2.75) is 26.9 Å². The van der Waals surface area contributed by atoms with Crippen LogP contribution in [0.15, 0.2) is 109 Å². The molecule has 4 aromatic rings. The summed E-state index contributed by atoms with van der Waals surface area (Å²) in [6.07, 6.45) is 0. The average Bonchev–Trinajstić information content (AvgIpc) is 2.99. The second kappa shape index (κ2) is 18.7. The fraction of sp³-hybridized carbons (Fsp3) is 0.200. The minimum atomic E-state index is -3.29. The monoisotopic (exact) mass is 736 g/mol. The minimum absolute atomic E-state index is 0.578. The molecule has 0 aromatic heterocycles. The van der Waals surface area contributed by atoms with E-state index in [9.17, 15) is 0 Å². The Kier molecular flexibility index (Phi) is 15.7. The number of benzene rings is 4. The van der Waals surface area contributed by atoms with Crippen LogP contribution < -0.4 is 9.80 Å². The van der Waals surface area contributed by atoms with Gasteiger partial charge >= 0.3 is 60.9 Å². The molecule has 41 heavy (non-hydrogen) atoms. The molecule has 0 aliphatic heterocycles. The predicted octanol–water partition coefficient (Wildman–Crippen LogP) is 10.8. The van der Waals surface area contributed by atoms with E-state index in [1.165, 1.54) is 11.1 Å². The molecule has 0 aliphatic carbocycles. The first-order valence-corrected chi connectivity index (χ1v) is 27.4. The van der Waals surface area contributed by atoms with E-state index in [4.69, 9.17) is 46.5 Å². The van der Waals surface area contributed by atoms with Crippen molar-refractivity contribution in [3.8, 4) is 0 Å². The first-order chi connectivity index (χ1) is 19.7. The van der Waals surface area contributed by atoms with Gasteiger partial charge in [-0.15, -0.1) is 0 Å². The standard InChI is InChI=1S/2C15H16N3.4ClH.Sn/c2*1-2-18(12-13-6-4-3-5-7-13)15-10-8-14(17-16)9-11-15;;;;;/h2*3-11H,2,12H2,1H3;4*1H;/q2*+1;;;;;+4/p-4. The van der Waals surface area contributed by atoms with E-state index >= 15 is 0 Å². The van der Waals surface area contributed by atoms with E-state index in [2.05, 4.69) is 82.1 Å².